The molecule has 1 fully saturated rings. The number of benzene rings is 1. The Kier molecular flexibility index (Phi) is 3.90. The molecule has 1 aliphatic heterocycles. The molecule has 0 radical (unpaired) electrons. The molecule has 0 atom stereocenters. The zero-order valence-corrected chi connectivity index (χ0v) is 11.8. The fraction of sp³-hybridized carbons (Fsp3) is 0.533. The van der Waals surface area contributed by atoms with Gasteiger partial charge in [0.2, 0.25) is 0 Å². The summed E-state index contributed by atoms with van der Waals surface area (Å²) in [5.41, 5.74) is 1.18. The van der Waals surface area contributed by atoms with Gasteiger partial charge in [0.1, 0.15) is 5.82 Å². The lowest BCUT2D eigenvalue weighted by molar-refractivity contribution is 0.0657. The predicted octanol–water partition coefficient (Wildman–Crippen LogP) is 2.35. The van der Waals surface area contributed by atoms with E-state index >= 15 is 0 Å². The zero-order chi connectivity index (χ0) is 14.0. The molecular weight excluding hydrogens is 243 g/mol. The molecule has 104 valence electrons. The number of amides is 1. The number of aryl methyl sites for hydroxylation is 1. The molecule has 1 N–H and O–H groups in total. The van der Waals surface area contributed by atoms with Crippen LogP contribution in [-0.4, -0.2) is 36.5 Å². The number of nitrogens with zero attached hydrogens (tertiary/aromatic N) is 1. The van der Waals surface area contributed by atoms with Crippen LogP contribution in [0.5, 0.6) is 0 Å². The number of carbonyl (C=O) groups excluding carboxylic acids is 1. The predicted molar refractivity (Wildman–Crippen MR) is 73.7 cm³/mol. The lowest BCUT2D eigenvalue weighted by Crippen LogP contribution is -2.51. The first kappa shape index (κ1) is 14.0. The molecule has 1 saturated heterocycles. The van der Waals surface area contributed by atoms with Crippen LogP contribution in [0.25, 0.3) is 0 Å². The summed E-state index contributed by atoms with van der Waals surface area (Å²) in [5, 5.41) is 3.29. The van der Waals surface area contributed by atoms with Crippen LogP contribution in [0.3, 0.4) is 0 Å². The fourth-order valence-electron chi connectivity index (χ4n) is 2.43. The number of carbonyl (C=O) groups is 1. The summed E-state index contributed by atoms with van der Waals surface area (Å²) in [7, 11) is 1.94. The van der Waals surface area contributed by atoms with E-state index in [2.05, 4.69) is 12.2 Å². The second-order valence-electron chi connectivity index (χ2n) is 5.59. The first-order chi connectivity index (χ1) is 8.95. The molecular formula is C15H21FN2O. The van der Waals surface area contributed by atoms with Gasteiger partial charge in [-0.15, -0.1) is 0 Å². The minimum absolute atomic E-state index is 0.0852. The maximum atomic E-state index is 13.7. The van der Waals surface area contributed by atoms with Crippen molar-refractivity contribution in [1.82, 2.24) is 10.2 Å². The number of rotatable bonds is 2. The van der Waals surface area contributed by atoms with Crippen LogP contribution in [0, 0.1) is 12.7 Å². The highest BCUT2D eigenvalue weighted by molar-refractivity contribution is 5.94. The molecule has 1 amide bonds. The van der Waals surface area contributed by atoms with Crippen molar-refractivity contribution in [1.29, 1.82) is 0 Å². The molecule has 0 bridgehead atoms. The van der Waals surface area contributed by atoms with Crippen LogP contribution in [0.4, 0.5) is 4.39 Å². The number of likely N-dealkylation sites (tertiary alicyclic amines) is 1. The van der Waals surface area contributed by atoms with Crippen molar-refractivity contribution in [2.75, 3.05) is 20.1 Å². The lowest BCUT2D eigenvalue weighted by atomic mass is 9.89. The minimum atomic E-state index is -0.433. The molecule has 4 heteroatoms. The van der Waals surface area contributed by atoms with Crippen molar-refractivity contribution in [3.63, 3.8) is 0 Å². The van der Waals surface area contributed by atoms with Gasteiger partial charge in [-0.3, -0.25) is 4.79 Å². The molecule has 3 nitrogen and oxygen atoms in total. The molecule has 0 unspecified atom stereocenters. The summed E-state index contributed by atoms with van der Waals surface area (Å²) >= 11 is 0. The van der Waals surface area contributed by atoms with Crippen LogP contribution in [0.15, 0.2) is 18.2 Å². The van der Waals surface area contributed by atoms with E-state index in [1.54, 1.807) is 17.0 Å². The van der Waals surface area contributed by atoms with Gasteiger partial charge < -0.3 is 10.2 Å². The number of hydrogen-bond donors (Lipinski definition) is 1. The van der Waals surface area contributed by atoms with Crippen molar-refractivity contribution < 1.29 is 9.18 Å². The summed E-state index contributed by atoms with van der Waals surface area (Å²) in [4.78, 5) is 14.1. The van der Waals surface area contributed by atoms with Gasteiger partial charge in [0.05, 0.1) is 5.56 Å². The fourth-order valence-corrected chi connectivity index (χ4v) is 2.43. The largest absolute Gasteiger partial charge is 0.338 e. The lowest BCUT2D eigenvalue weighted by Gasteiger charge is -2.39. The van der Waals surface area contributed by atoms with E-state index in [4.69, 9.17) is 0 Å². The number of hydrogen-bond acceptors (Lipinski definition) is 2. The summed E-state index contributed by atoms with van der Waals surface area (Å²) in [6.45, 7) is 5.36. The summed E-state index contributed by atoms with van der Waals surface area (Å²) < 4.78 is 13.7. The van der Waals surface area contributed by atoms with Gasteiger partial charge in [-0.05, 0) is 45.9 Å². The first-order valence-electron chi connectivity index (χ1n) is 6.69. The molecule has 0 spiro atoms. The Morgan fingerprint density at radius 3 is 2.58 bits per heavy atom. The second kappa shape index (κ2) is 5.29. The van der Waals surface area contributed by atoms with E-state index in [1.807, 2.05) is 14.0 Å². The smallest absolute Gasteiger partial charge is 0.256 e. The maximum absolute atomic E-state index is 13.7. The molecule has 1 aromatic rings. The Labute approximate surface area is 113 Å². The van der Waals surface area contributed by atoms with Gasteiger partial charge in [0.25, 0.3) is 5.91 Å². The van der Waals surface area contributed by atoms with Gasteiger partial charge in [0.15, 0.2) is 0 Å². The third-order valence-corrected chi connectivity index (χ3v) is 4.11. The molecule has 19 heavy (non-hydrogen) atoms. The highest BCUT2D eigenvalue weighted by atomic mass is 19.1. The van der Waals surface area contributed by atoms with E-state index in [9.17, 15) is 9.18 Å². The van der Waals surface area contributed by atoms with Crippen LogP contribution in [-0.2, 0) is 0 Å². The van der Waals surface area contributed by atoms with Gasteiger partial charge in [-0.1, -0.05) is 11.6 Å². The van der Waals surface area contributed by atoms with Crippen LogP contribution in [0.1, 0.15) is 35.7 Å². The van der Waals surface area contributed by atoms with Gasteiger partial charge in [-0.2, -0.15) is 0 Å². The van der Waals surface area contributed by atoms with Crippen molar-refractivity contribution >= 4 is 5.91 Å². The molecule has 0 aliphatic carbocycles. The van der Waals surface area contributed by atoms with Crippen LogP contribution >= 0.6 is 0 Å². The van der Waals surface area contributed by atoms with E-state index in [0.717, 1.165) is 18.4 Å². The SMILES string of the molecule is CNC1(C)CCN(C(=O)c2cc(C)ccc2F)CC1. The molecule has 1 heterocycles. The van der Waals surface area contributed by atoms with Gasteiger partial charge in [-0.25, -0.2) is 4.39 Å². The maximum Gasteiger partial charge on any atom is 0.256 e. The molecule has 0 saturated carbocycles. The summed E-state index contributed by atoms with van der Waals surface area (Å²) in [6.07, 6.45) is 1.78. The second-order valence-corrected chi connectivity index (χ2v) is 5.59. The van der Waals surface area contributed by atoms with Gasteiger partial charge in [0, 0.05) is 18.6 Å². The van der Waals surface area contributed by atoms with Crippen LogP contribution in [0.2, 0.25) is 0 Å². The van der Waals surface area contributed by atoms with Crippen LogP contribution < -0.4 is 5.32 Å². The molecule has 1 aliphatic rings. The Hall–Kier alpha value is -1.42. The van der Waals surface area contributed by atoms with Gasteiger partial charge >= 0.3 is 0 Å². The highest BCUT2D eigenvalue weighted by Crippen LogP contribution is 2.23. The van der Waals surface area contributed by atoms with Crippen molar-refractivity contribution in [3.8, 4) is 0 Å². The normalized spacial score (nSPS) is 18.4. The number of nitrogens with one attached hydrogen (secondary N) is 1. The Balaban J connectivity index is 2.11. The minimum Gasteiger partial charge on any atom is -0.338 e. The quantitative estimate of drug-likeness (QED) is 0.889. The highest BCUT2D eigenvalue weighted by Gasteiger charge is 2.31. The van der Waals surface area contributed by atoms with E-state index < -0.39 is 5.82 Å². The Morgan fingerprint density at radius 1 is 1.37 bits per heavy atom. The number of piperidine rings is 1. The summed E-state index contributed by atoms with van der Waals surface area (Å²) in [5.74, 6) is -0.628. The zero-order valence-electron chi connectivity index (χ0n) is 11.8. The third-order valence-electron chi connectivity index (χ3n) is 4.11. The molecule has 2 rings (SSSR count). The van der Waals surface area contributed by atoms with Crippen molar-refractivity contribution in [2.45, 2.75) is 32.2 Å². The van der Waals surface area contributed by atoms with Crippen molar-refractivity contribution in [2.24, 2.45) is 0 Å². The monoisotopic (exact) mass is 264 g/mol. The molecule has 0 aromatic heterocycles. The van der Waals surface area contributed by atoms with E-state index in [0.29, 0.717) is 13.1 Å². The van der Waals surface area contributed by atoms with E-state index in [1.165, 1.54) is 6.07 Å². The first-order valence-corrected chi connectivity index (χ1v) is 6.69. The average molecular weight is 264 g/mol. The Morgan fingerprint density at radius 2 is 2.00 bits per heavy atom. The Bertz CT molecular complexity index is 479. The number of halogens is 1. The third kappa shape index (κ3) is 2.95. The topological polar surface area (TPSA) is 32.3 Å². The standard InChI is InChI=1S/C15H21FN2O/c1-11-4-5-13(16)12(10-11)14(19)18-8-6-15(2,17-3)7-9-18/h4-5,10,17H,6-9H2,1-3H3. The molecule has 1 aromatic carbocycles. The van der Waals surface area contributed by atoms with E-state index in [-0.39, 0.29) is 17.0 Å². The summed E-state index contributed by atoms with van der Waals surface area (Å²) in [6, 6.07) is 4.67. The average Bonchev–Trinajstić information content (AvgIpc) is 2.42. The van der Waals surface area contributed by atoms with Crippen molar-refractivity contribution in [3.05, 3.63) is 35.1 Å².